The number of aliphatic hydroxyl groups is 1. The lowest BCUT2D eigenvalue weighted by atomic mass is 9.90. The molecule has 1 unspecified atom stereocenters. The second-order valence-corrected chi connectivity index (χ2v) is 18.4. The van der Waals surface area contributed by atoms with Crippen LogP contribution in [0, 0.1) is 25.7 Å². The third-order valence-electron chi connectivity index (χ3n) is 10.6. The predicted molar refractivity (Wildman–Crippen MR) is 232 cm³/mol. The Labute approximate surface area is 355 Å². The van der Waals surface area contributed by atoms with E-state index in [0.717, 1.165) is 82.1 Å². The van der Waals surface area contributed by atoms with Crippen molar-refractivity contribution in [3.05, 3.63) is 59.1 Å². The topological polar surface area (TPSA) is 159 Å². The number of esters is 2. The molecular weight excluding hydrogens is 773 g/mol. The van der Waals surface area contributed by atoms with Crippen molar-refractivity contribution >= 4 is 25.5 Å². The molecule has 13 heteroatoms. The van der Waals surface area contributed by atoms with Gasteiger partial charge in [0.2, 0.25) is 0 Å². The molecule has 2 rings (SSSR count). The van der Waals surface area contributed by atoms with E-state index in [0.29, 0.717) is 43.1 Å². The molecule has 0 fully saturated rings. The maximum atomic E-state index is 12.8. The monoisotopic (exact) mass is 851 g/mol. The number of carbonyl (C=O) groups excluding carboxylic acids is 3. The number of rotatable bonds is 33. The molecule has 1 aromatic heterocycles. The molecule has 336 valence electrons. The Morgan fingerprint density at radius 2 is 1.54 bits per heavy atom. The minimum atomic E-state index is -4.45. The number of phosphoric acid groups is 1. The van der Waals surface area contributed by atoms with E-state index in [9.17, 15) is 28.9 Å². The highest BCUT2D eigenvalue weighted by Gasteiger charge is 2.28. The second-order valence-electron chi connectivity index (χ2n) is 17.0. The summed E-state index contributed by atoms with van der Waals surface area (Å²) in [6.45, 7) is 8.22. The van der Waals surface area contributed by atoms with Crippen molar-refractivity contribution < 1.29 is 56.4 Å². The van der Waals surface area contributed by atoms with Crippen LogP contribution in [-0.2, 0) is 50.3 Å². The number of aliphatic hydroxyl groups excluding tert-OH is 1. The van der Waals surface area contributed by atoms with Crippen molar-refractivity contribution in [3.63, 3.8) is 0 Å². The molecule has 0 spiro atoms. The van der Waals surface area contributed by atoms with Crippen LogP contribution in [0.1, 0.15) is 139 Å². The van der Waals surface area contributed by atoms with Gasteiger partial charge in [0.25, 0.3) is 0 Å². The molecule has 0 aliphatic heterocycles. The number of furan rings is 1. The van der Waals surface area contributed by atoms with Gasteiger partial charge in [0.05, 0.1) is 33.9 Å². The summed E-state index contributed by atoms with van der Waals surface area (Å²) in [5.74, 6) is 0.993. The van der Waals surface area contributed by atoms with Gasteiger partial charge in [-0.15, -0.1) is 0 Å². The van der Waals surface area contributed by atoms with Gasteiger partial charge in [-0.1, -0.05) is 89.2 Å². The molecule has 59 heavy (non-hydrogen) atoms. The van der Waals surface area contributed by atoms with Crippen LogP contribution in [0.5, 0.6) is 0 Å². The normalized spacial score (nSPS) is 17.9. The summed E-state index contributed by atoms with van der Waals surface area (Å²) < 4.78 is 40.4. The molecule has 0 radical (unpaired) electrons. The van der Waals surface area contributed by atoms with Gasteiger partial charge in [-0.3, -0.25) is 23.4 Å². The number of aryl methyl sites for hydroxylation is 2. The molecule has 12 nitrogen and oxygen atoms in total. The molecule has 0 aromatic carbocycles. The third kappa shape index (κ3) is 23.1. The third-order valence-corrected chi connectivity index (χ3v) is 11.6. The van der Waals surface area contributed by atoms with Gasteiger partial charge >= 0.3 is 19.8 Å². The van der Waals surface area contributed by atoms with E-state index in [1.165, 1.54) is 11.1 Å². The van der Waals surface area contributed by atoms with Crippen molar-refractivity contribution in [2.75, 3.05) is 47.5 Å². The Bertz CT molecular complexity index is 1520. The average molecular weight is 851 g/mol. The zero-order valence-electron chi connectivity index (χ0n) is 37.3. The Morgan fingerprint density at radius 3 is 2.24 bits per heavy atom. The molecule has 0 bridgehead atoms. The summed E-state index contributed by atoms with van der Waals surface area (Å²) in [5, 5.41) is 10.2. The first-order chi connectivity index (χ1) is 28.0. The summed E-state index contributed by atoms with van der Waals surface area (Å²) in [7, 11) is 1.32. The molecule has 1 aliphatic rings. The zero-order valence-corrected chi connectivity index (χ0v) is 38.2. The largest absolute Gasteiger partial charge is 0.472 e. The fourth-order valence-corrected chi connectivity index (χ4v) is 7.50. The summed E-state index contributed by atoms with van der Waals surface area (Å²) in [4.78, 5) is 48.0. The van der Waals surface area contributed by atoms with Crippen LogP contribution in [0.4, 0.5) is 0 Å². The minimum Gasteiger partial charge on any atom is -0.466 e. The number of unbranched alkanes of at least 4 members (excludes halogenated alkanes) is 8. The lowest BCUT2D eigenvalue weighted by molar-refractivity contribution is -0.870. The number of carbonyl (C=O) groups is 3. The minimum absolute atomic E-state index is 0.0135. The fourth-order valence-electron chi connectivity index (χ4n) is 6.76. The molecule has 0 amide bonds. The van der Waals surface area contributed by atoms with Gasteiger partial charge in [-0.2, -0.15) is 0 Å². The number of ketones is 1. The van der Waals surface area contributed by atoms with Gasteiger partial charge in [-0.05, 0) is 81.9 Å². The molecule has 2 N–H and O–H groups in total. The van der Waals surface area contributed by atoms with E-state index in [-0.39, 0.29) is 43.7 Å². The van der Waals surface area contributed by atoms with Gasteiger partial charge in [0, 0.05) is 31.6 Å². The number of allylic oxidation sites excluding steroid dienone is 5. The van der Waals surface area contributed by atoms with E-state index >= 15 is 0 Å². The molecule has 1 heterocycles. The Hall–Kier alpha value is -2.86. The highest BCUT2D eigenvalue weighted by molar-refractivity contribution is 7.47. The van der Waals surface area contributed by atoms with Crippen molar-refractivity contribution in [1.29, 1.82) is 0 Å². The van der Waals surface area contributed by atoms with Gasteiger partial charge in [0.15, 0.2) is 11.9 Å². The number of hydrogen-bond acceptors (Lipinski definition) is 10. The standard InChI is InChI=1S/C46H76NO11P/c1-8-10-17-24-39(48)29-30-41-38(28-31-42(41)49)23-18-15-16-21-27-46(51)57-40(35-56-59(52,53)55-33-32-47(5,6)7)34-54-45(50)26-20-14-12-11-13-19-25-44-37(4)36(3)43(58-44)22-9-2/h15,18,28-31,38-41,48H,8-14,16-17,19-27,32-35H2,1-7H3/p+1/b18-15-,30-29+/t38-,39-,40+,41+/m0/s1. The quantitative estimate of drug-likeness (QED) is 0.0228. The molecular formula is C46H77NO11P+. The maximum Gasteiger partial charge on any atom is 0.472 e. The molecule has 0 saturated carbocycles. The van der Waals surface area contributed by atoms with Crippen molar-refractivity contribution in [1.82, 2.24) is 0 Å². The van der Waals surface area contributed by atoms with Gasteiger partial charge < -0.3 is 28.4 Å². The van der Waals surface area contributed by atoms with E-state index in [4.69, 9.17) is 22.9 Å². The van der Waals surface area contributed by atoms with Crippen LogP contribution in [-0.4, -0.2) is 91.9 Å². The number of phosphoric ester groups is 1. The zero-order chi connectivity index (χ0) is 43.7. The average Bonchev–Trinajstić information content (AvgIpc) is 3.66. The summed E-state index contributed by atoms with van der Waals surface area (Å²) >= 11 is 0. The number of hydrogen-bond donors (Lipinski definition) is 2. The smallest absolute Gasteiger partial charge is 0.466 e. The molecule has 1 aromatic rings. The van der Waals surface area contributed by atoms with Crippen LogP contribution in [0.2, 0.25) is 0 Å². The molecule has 0 saturated heterocycles. The summed E-state index contributed by atoms with van der Waals surface area (Å²) in [5.41, 5.74) is 2.55. The Kier molecular flexibility index (Phi) is 25.4. The van der Waals surface area contributed by atoms with Crippen molar-refractivity contribution in [2.45, 2.75) is 155 Å². The van der Waals surface area contributed by atoms with Crippen LogP contribution < -0.4 is 0 Å². The van der Waals surface area contributed by atoms with Crippen LogP contribution in [0.3, 0.4) is 0 Å². The van der Waals surface area contributed by atoms with E-state index in [2.05, 4.69) is 27.7 Å². The van der Waals surface area contributed by atoms with Gasteiger partial charge in [-0.25, -0.2) is 4.57 Å². The van der Waals surface area contributed by atoms with Crippen LogP contribution in [0.15, 0.2) is 40.9 Å². The Morgan fingerprint density at radius 1 is 0.864 bits per heavy atom. The first-order valence-electron chi connectivity index (χ1n) is 22.1. The second kappa shape index (κ2) is 28.6. The first-order valence-corrected chi connectivity index (χ1v) is 23.6. The van der Waals surface area contributed by atoms with Crippen LogP contribution in [0.25, 0.3) is 0 Å². The summed E-state index contributed by atoms with van der Waals surface area (Å²) in [6, 6.07) is 0. The van der Waals surface area contributed by atoms with E-state index < -0.39 is 38.6 Å². The SMILES string of the molecule is CCCCC[C@H](O)/C=C/[C@H]1C(=O)C=C[C@@H]1C/C=C\CCCC(=O)O[C@H](COC(=O)CCCCCCCCc1oc(CCC)c(C)c1C)COP(=O)(O)OCC[N+](C)(C)C. The maximum absolute atomic E-state index is 12.8. The predicted octanol–water partition coefficient (Wildman–Crippen LogP) is 9.40. The number of ether oxygens (including phenoxy) is 2. The molecule has 1 aliphatic carbocycles. The van der Waals surface area contributed by atoms with Crippen molar-refractivity contribution in [2.24, 2.45) is 11.8 Å². The van der Waals surface area contributed by atoms with E-state index in [1.807, 2.05) is 45.4 Å². The van der Waals surface area contributed by atoms with E-state index in [1.54, 1.807) is 12.2 Å². The number of nitrogens with zero attached hydrogens (tertiary/aromatic N) is 1. The number of quaternary nitrogens is 1. The highest BCUT2D eigenvalue weighted by Crippen LogP contribution is 2.43. The van der Waals surface area contributed by atoms with Crippen LogP contribution >= 0.6 is 7.82 Å². The molecule has 5 atom stereocenters. The lowest BCUT2D eigenvalue weighted by Gasteiger charge is -2.24. The first kappa shape index (κ1) is 52.3. The van der Waals surface area contributed by atoms with Crippen molar-refractivity contribution in [3.8, 4) is 0 Å². The Balaban J connectivity index is 1.77. The number of likely N-dealkylation sites (N-methyl/N-ethyl adjacent to an activating group) is 1. The fraction of sp³-hybridized carbons (Fsp3) is 0.717. The van der Waals surface area contributed by atoms with Gasteiger partial charge in [0.1, 0.15) is 31.3 Å². The summed E-state index contributed by atoms with van der Waals surface area (Å²) in [6.07, 6.45) is 24.0. The highest BCUT2D eigenvalue weighted by atomic mass is 31.2. The lowest BCUT2D eigenvalue weighted by Crippen LogP contribution is -2.37.